The van der Waals surface area contributed by atoms with E-state index in [1.807, 2.05) is 0 Å². The average Bonchev–Trinajstić information content (AvgIpc) is 3.06. The Kier molecular flexibility index (Phi) is 5.37. The van der Waals surface area contributed by atoms with Crippen molar-refractivity contribution < 1.29 is 4.39 Å². The Hall–Kier alpha value is -1.33. The molecule has 2 saturated heterocycles. The number of aliphatic imine (C=N–C) groups is 1. The summed E-state index contributed by atoms with van der Waals surface area (Å²) in [6.07, 6.45) is 4.78. The second-order valence-corrected chi connectivity index (χ2v) is 8.07. The molecule has 3 fully saturated rings. The summed E-state index contributed by atoms with van der Waals surface area (Å²) in [5.41, 5.74) is 0.652. The van der Waals surface area contributed by atoms with E-state index < -0.39 is 0 Å². The van der Waals surface area contributed by atoms with Gasteiger partial charge in [0.15, 0.2) is 5.96 Å². The zero-order valence-corrected chi connectivity index (χ0v) is 16.2. The van der Waals surface area contributed by atoms with Crippen molar-refractivity contribution in [3.8, 4) is 0 Å². The fourth-order valence-corrected chi connectivity index (χ4v) is 4.73. The Morgan fingerprint density at radius 1 is 1.31 bits per heavy atom. The van der Waals surface area contributed by atoms with Gasteiger partial charge in [0.25, 0.3) is 0 Å². The second-order valence-electron chi connectivity index (χ2n) is 7.66. The zero-order chi connectivity index (χ0) is 18.1. The molecule has 1 aromatic rings. The van der Waals surface area contributed by atoms with E-state index in [2.05, 4.69) is 22.0 Å². The normalized spacial score (nSPS) is 29.4. The summed E-state index contributed by atoms with van der Waals surface area (Å²) >= 11 is 6.23. The van der Waals surface area contributed by atoms with Gasteiger partial charge in [-0.25, -0.2) is 4.39 Å². The summed E-state index contributed by atoms with van der Waals surface area (Å²) in [6, 6.07) is 5.81. The van der Waals surface area contributed by atoms with Crippen LogP contribution in [0.15, 0.2) is 23.2 Å². The number of likely N-dealkylation sites (tertiary alicyclic amines) is 2. The first-order chi connectivity index (χ1) is 12.7. The quantitative estimate of drug-likeness (QED) is 0.643. The molecule has 1 saturated carbocycles. The summed E-state index contributed by atoms with van der Waals surface area (Å²) in [7, 11) is 0. The number of rotatable bonds is 4. The Morgan fingerprint density at radius 2 is 2.12 bits per heavy atom. The van der Waals surface area contributed by atoms with Crippen LogP contribution in [0.5, 0.6) is 0 Å². The van der Waals surface area contributed by atoms with E-state index in [0.717, 1.165) is 32.0 Å². The summed E-state index contributed by atoms with van der Waals surface area (Å²) < 4.78 is 14.2. The minimum atomic E-state index is -0.198. The first kappa shape index (κ1) is 18.1. The number of hydrogen-bond acceptors (Lipinski definition) is 2. The van der Waals surface area contributed by atoms with E-state index in [1.54, 1.807) is 12.1 Å². The van der Waals surface area contributed by atoms with Crippen molar-refractivity contribution in [2.45, 2.75) is 50.6 Å². The predicted molar refractivity (Wildman–Crippen MR) is 104 cm³/mol. The van der Waals surface area contributed by atoms with E-state index in [1.165, 1.54) is 38.4 Å². The number of halogens is 2. The van der Waals surface area contributed by atoms with Crippen LogP contribution in [0.4, 0.5) is 4.39 Å². The van der Waals surface area contributed by atoms with Gasteiger partial charge in [-0.15, -0.1) is 0 Å². The third kappa shape index (κ3) is 3.70. The van der Waals surface area contributed by atoms with Gasteiger partial charge < -0.3 is 10.2 Å². The lowest BCUT2D eigenvalue weighted by Gasteiger charge is -2.25. The molecule has 0 aromatic heterocycles. The number of nitrogens with one attached hydrogen (secondary N) is 1. The van der Waals surface area contributed by atoms with Gasteiger partial charge in [-0.05, 0) is 57.8 Å². The van der Waals surface area contributed by atoms with Crippen LogP contribution in [0.2, 0.25) is 5.02 Å². The van der Waals surface area contributed by atoms with E-state index in [-0.39, 0.29) is 17.8 Å². The molecule has 0 radical (unpaired) electrons. The molecular formula is C20H28ClFN4. The Morgan fingerprint density at radius 3 is 2.85 bits per heavy atom. The van der Waals surface area contributed by atoms with Crippen molar-refractivity contribution in [1.29, 1.82) is 0 Å². The molecule has 4 nitrogen and oxygen atoms in total. The molecule has 26 heavy (non-hydrogen) atoms. The predicted octanol–water partition coefficient (Wildman–Crippen LogP) is 3.47. The molecular weight excluding hydrogens is 351 g/mol. The highest BCUT2D eigenvalue weighted by molar-refractivity contribution is 6.31. The molecule has 142 valence electrons. The van der Waals surface area contributed by atoms with Gasteiger partial charge >= 0.3 is 0 Å². The minimum absolute atomic E-state index is 0.141. The van der Waals surface area contributed by atoms with E-state index in [9.17, 15) is 4.39 Å². The number of benzene rings is 1. The molecule has 0 bridgehead atoms. The Labute approximate surface area is 160 Å². The summed E-state index contributed by atoms with van der Waals surface area (Å²) in [5.74, 6) is 0.924. The Bertz CT molecular complexity index is 654. The van der Waals surface area contributed by atoms with Crippen molar-refractivity contribution in [2.24, 2.45) is 4.99 Å². The van der Waals surface area contributed by atoms with Crippen molar-refractivity contribution >= 4 is 17.6 Å². The number of nitrogens with zero attached hydrogens (tertiary/aromatic N) is 3. The van der Waals surface area contributed by atoms with Gasteiger partial charge in [-0.2, -0.15) is 0 Å². The SMILES string of the molecule is CCN=C(NC1CC1c1c(F)cccc1Cl)N1CCC(N2CCCC2)C1. The van der Waals surface area contributed by atoms with Gasteiger partial charge in [-0.3, -0.25) is 9.89 Å². The molecule has 3 atom stereocenters. The molecule has 0 spiro atoms. The molecule has 1 aliphatic carbocycles. The van der Waals surface area contributed by atoms with Crippen LogP contribution in [0.3, 0.4) is 0 Å². The maximum atomic E-state index is 14.2. The van der Waals surface area contributed by atoms with Crippen molar-refractivity contribution in [1.82, 2.24) is 15.1 Å². The highest BCUT2D eigenvalue weighted by atomic mass is 35.5. The topological polar surface area (TPSA) is 30.9 Å². The lowest BCUT2D eigenvalue weighted by molar-refractivity contribution is 0.249. The molecule has 3 unspecified atom stereocenters. The highest BCUT2D eigenvalue weighted by Crippen LogP contribution is 2.45. The first-order valence-electron chi connectivity index (χ1n) is 9.91. The molecule has 6 heteroatoms. The zero-order valence-electron chi connectivity index (χ0n) is 15.4. The maximum absolute atomic E-state index is 14.2. The Balaban J connectivity index is 1.39. The molecule has 1 N–H and O–H groups in total. The van der Waals surface area contributed by atoms with Gasteiger partial charge in [0.2, 0.25) is 0 Å². The standard InChI is InChI=1S/C20H28ClFN4/c1-2-23-20(26-11-8-14(13-26)25-9-3-4-10-25)24-18-12-15(18)19-16(21)6-5-7-17(19)22/h5-7,14-15,18H,2-4,8-13H2,1H3,(H,23,24). The first-order valence-corrected chi connectivity index (χ1v) is 10.3. The summed E-state index contributed by atoms with van der Waals surface area (Å²) in [5, 5.41) is 4.11. The van der Waals surface area contributed by atoms with Crippen LogP contribution in [0, 0.1) is 5.82 Å². The monoisotopic (exact) mass is 378 g/mol. The summed E-state index contributed by atoms with van der Waals surface area (Å²) in [4.78, 5) is 9.71. The third-order valence-electron chi connectivity index (χ3n) is 5.90. The van der Waals surface area contributed by atoms with E-state index >= 15 is 0 Å². The molecule has 2 heterocycles. The van der Waals surface area contributed by atoms with Crippen LogP contribution < -0.4 is 5.32 Å². The van der Waals surface area contributed by atoms with Crippen LogP contribution in [0.25, 0.3) is 0 Å². The number of guanidine groups is 1. The van der Waals surface area contributed by atoms with Gasteiger partial charge in [-0.1, -0.05) is 17.7 Å². The second kappa shape index (κ2) is 7.73. The lowest BCUT2D eigenvalue weighted by atomic mass is 10.1. The summed E-state index contributed by atoms with van der Waals surface area (Å²) in [6.45, 7) is 7.39. The molecule has 4 rings (SSSR count). The fourth-order valence-electron chi connectivity index (χ4n) is 4.43. The van der Waals surface area contributed by atoms with Crippen LogP contribution in [0.1, 0.15) is 44.1 Å². The fraction of sp³-hybridized carbons (Fsp3) is 0.650. The van der Waals surface area contributed by atoms with Crippen molar-refractivity contribution in [2.75, 3.05) is 32.7 Å². The van der Waals surface area contributed by atoms with Crippen LogP contribution in [-0.2, 0) is 0 Å². The average molecular weight is 379 g/mol. The molecule has 3 aliphatic rings. The lowest BCUT2D eigenvalue weighted by Crippen LogP contribution is -2.44. The van der Waals surface area contributed by atoms with E-state index in [0.29, 0.717) is 16.6 Å². The van der Waals surface area contributed by atoms with Crippen molar-refractivity contribution in [3.63, 3.8) is 0 Å². The van der Waals surface area contributed by atoms with Gasteiger partial charge in [0, 0.05) is 48.2 Å². The van der Waals surface area contributed by atoms with E-state index in [4.69, 9.17) is 16.6 Å². The smallest absolute Gasteiger partial charge is 0.194 e. The minimum Gasteiger partial charge on any atom is -0.353 e. The maximum Gasteiger partial charge on any atom is 0.194 e. The van der Waals surface area contributed by atoms with Crippen LogP contribution >= 0.6 is 11.6 Å². The van der Waals surface area contributed by atoms with Gasteiger partial charge in [0.05, 0.1) is 0 Å². The molecule has 1 aromatic carbocycles. The molecule has 2 aliphatic heterocycles. The molecule has 0 amide bonds. The number of hydrogen-bond donors (Lipinski definition) is 1. The highest BCUT2D eigenvalue weighted by Gasteiger charge is 2.43. The third-order valence-corrected chi connectivity index (χ3v) is 6.23. The van der Waals surface area contributed by atoms with Crippen LogP contribution in [-0.4, -0.2) is 60.6 Å². The largest absolute Gasteiger partial charge is 0.353 e. The van der Waals surface area contributed by atoms with Crippen molar-refractivity contribution in [3.05, 3.63) is 34.6 Å². The van der Waals surface area contributed by atoms with Gasteiger partial charge in [0.1, 0.15) is 5.82 Å².